The van der Waals surface area contributed by atoms with Crippen LogP contribution in [0.5, 0.6) is 0 Å². The average molecular weight is 365 g/mol. The van der Waals surface area contributed by atoms with E-state index in [9.17, 15) is 14.4 Å². The van der Waals surface area contributed by atoms with Crippen molar-refractivity contribution in [2.24, 2.45) is 0 Å². The Morgan fingerprint density at radius 3 is 2.41 bits per heavy atom. The second-order valence-electron chi connectivity index (χ2n) is 4.58. The van der Waals surface area contributed by atoms with Gasteiger partial charge in [-0.2, -0.15) is 0 Å². The lowest BCUT2D eigenvalue weighted by molar-refractivity contribution is -0.121. The molecule has 2 N–H and O–H groups in total. The van der Waals surface area contributed by atoms with Crippen molar-refractivity contribution in [3.05, 3.63) is 35.9 Å². The summed E-state index contributed by atoms with van der Waals surface area (Å²) in [5.74, 6) is -0.916. The van der Waals surface area contributed by atoms with Crippen molar-refractivity contribution in [2.45, 2.75) is 16.4 Å². The van der Waals surface area contributed by atoms with Crippen molar-refractivity contribution in [3.63, 3.8) is 0 Å². The fourth-order valence-corrected chi connectivity index (χ4v) is 2.47. The number of urea groups is 1. The normalized spacial score (nSPS) is 17.0. The molecule has 1 aliphatic rings. The molecule has 1 aromatic rings. The van der Waals surface area contributed by atoms with Gasteiger partial charge in [0, 0.05) is 18.5 Å². The zero-order valence-electron chi connectivity index (χ0n) is 11.2. The molecule has 2 rings (SSSR count). The predicted molar refractivity (Wildman–Crippen MR) is 82.8 cm³/mol. The third-order valence-corrected chi connectivity index (χ3v) is 3.63. The first kappa shape index (κ1) is 16.9. The quantitative estimate of drug-likeness (QED) is 0.806. The summed E-state index contributed by atoms with van der Waals surface area (Å²) < 4.78 is -1.96. The first-order chi connectivity index (χ1) is 10.3. The van der Waals surface area contributed by atoms with Crippen LogP contribution < -0.4 is 10.6 Å². The van der Waals surface area contributed by atoms with Crippen molar-refractivity contribution < 1.29 is 14.4 Å². The maximum atomic E-state index is 12.2. The summed E-state index contributed by atoms with van der Waals surface area (Å²) in [6.45, 7) is 0.0400. The van der Waals surface area contributed by atoms with Gasteiger partial charge in [-0.3, -0.25) is 19.8 Å². The highest BCUT2D eigenvalue weighted by molar-refractivity contribution is 6.68. The summed E-state index contributed by atoms with van der Waals surface area (Å²) in [6.07, 6.45) is -1.15. The summed E-state index contributed by atoms with van der Waals surface area (Å²) in [6, 6.07) is 7.58. The predicted octanol–water partition coefficient (Wildman–Crippen LogP) is 2.05. The van der Waals surface area contributed by atoms with E-state index in [1.165, 1.54) is 0 Å². The largest absolute Gasteiger partial charge is 0.328 e. The number of benzene rings is 1. The number of nitrogens with one attached hydrogen (secondary N) is 2. The molecule has 1 fully saturated rings. The van der Waals surface area contributed by atoms with Crippen LogP contribution in [0.3, 0.4) is 0 Å². The van der Waals surface area contributed by atoms with Crippen LogP contribution in [0, 0.1) is 0 Å². The van der Waals surface area contributed by atoms with E-state index in [1.54, 1.807) is 30.3 Å². The van der Waals surface area contributed by atoms with Gasteiger partial charge in [-0.15, -0.1) is 0 Å². The molecule has 22 heavy (non-hydrogen) atoms. The van der Waals surface area contributed by atoms with E-state index >= 15 is 0 Å². The highest BCUT2D eigenvalue weighted by Gasteiger charge is 2.42. The minimum Gasteiger partial charge on any atom is -0.328 e. The highest BCUT2D eigenvalue weighted by atomic mass is 35.6. The number of alkyl halides is 3. The Morgan fingerprint density at radius 2 is 1.86 bits per heavy atom. The van der Waals surface area contributed by atoms with Gasteiger partial charge in [-0.1, -0.05) is 53.0 Å². The highest BCUT2D eigenvalue weighted by Crippen LogP contribution is 2.33. The van der Waals surface area contributed by atoms with Crippen LogP contribution in [0.1, 0.15) is 16.8 Å². The van der Waals surface area contributed by atoms with Gasteiger partial charge in [0.15, 0.2) is 6.17 Å². The monoisotopic (exact) mass is 363 g/mol. The number of halogens is 3. The summed E-state index contributed by atoms with van der Waals surface area (Å²) in [5, 5.41) is 4.62. The van der Waals surface area contributed by atoms with Gasteiger partial charge in [0.2, 0.25) is 9.70 Å². The summed E-state index contributed by atoms with van der Waals surface area (Å²) in [7, 11) is 0. The number of rotatable bonds is 3. The zero-order valence-corrected chi connectivity index (χ0v) is 13.5. The van der Waals surface area contributed by atoms with Crippen LogP contribution in [-0.4, -0.2) is 39.2 Å². The third kappa shape index (κ3) is 4.03. The Bertz CT molecular complexity index is 589. The topological polar surface area (TPSA) is 78.5 Å². The fourth-order valence-electron chi connectivity index (χ4n) is 1.96. The standard InChI is InChI=1S/C13H12Cl3N3O3/c14-13(15,16)11(19-7-6-9(20)17-12(19)22)18-10(21)8-4-2-1-3-5-8/h1-5,11H,6-7H2,(H,18,21)(H,17,20,22). The van der Waals surface area contributed by atoms with Gasteiger partial charge in [-0.05, 0) is 12.1 Å². The van der Waals surface area contributed by atoms with Crippen LogP contribution in [0.25, 0.3) is 0 Å². The molecule has 4 amide bonds. The zero-order chi connectivity index (χ0) is 16.3. The third-order valence-electron chi connectivity index (χ3n) is 3.01. The number of imide groups is 1. The molecule has 9 heteroatoms. The minimum absolute atomic E-state index is 0.0400. The second-order valence-corrected chi connectivity index (χ2v) is 6.95. The molecule has 1 unspecified atom stereocenters. The second kappa shape index (κ2) is 6.73. The molecule has 0 aromatic heterocycles. The van der Waals surface area contributed by atoms with Crippen LogP contribution in [0.2, 0.25) is 0 Å². The molecule has 0 saturated carbocycles. The van der Waals surface area contributed by atoms with Crippen LogP contribution in [-0.2, 0) is 4.79 Å². The number of amides is 4. The summed E-state index contributed by atoms with van der Waals surface area (Å²) in [4.78, 5) is 36.4. The van der Waals surface area contributed by atoms with Gasteiger partial charge in [0.25, 0.3) is 5.91 Å². The van der Waals surface area contributed by atoms with E-state index in [0.717, 1.165) is 4.90 Å². The molecule has 6 nitrogen and oxygen atoms in total. The van der Waals surface area contributed by atoms with Crippen molar-refractivity contribution >= 4 is 52.6 Å². The molecule has 1 heterocycles. The maximum absolute atomic E-state index is 12.2. The molecule has 1 atom stereocenters. The molecule has 1 aliphatic heterocycles. The van der Waals surface area contributed by atoms with E-state index in [1.807, 2.05) is 0 Å². The van der Waals surface area contributed by atoms with Gasteiger partial charge in [0.05, 0.1) is 0 Å². The number of carbonyl (C=O) groups is 3. The summed E-state index contributed by atoms with van der Waals surface area (Å²) >= 11 is 17.6. The minimum atomic E-state index is -1.96. The van der Waals surface area contributed by atoms with Crippen LogP contribution in [0.4, 0.5) is 4.79 Å². The molecule has 1 aromatic carbocycles. The van der Waals surface area contributed by atoms with Crippen molar-refractivity contribution in [1.82, 2.24) is 15.5 Å². The first-order valence-electron chi connectivity index (χ1n) is 6.32. The molecule has 0 aliphatic carbocycles. The maximum Gasteiger partial charge on any atom is 0.325 e. The van der Waals surface area contributed by atoms with E-state index in [2.05, 4.69) is 10.6 Å². The van der Waals surface area contributed by atoms with Gasteiger partial charge in [0.1, 0.15) is 0 Å². The Hall–Kier alpha value is -1.50. The molecule has 0 radical (unpaired) electrons. The van der Waals surface area contributed by atoms with Gasteiger partial charge >= 0.3 is 6.03 Å². The SMILES string of the molecule is O=C1CCN(C(NC(=O)c2ccccc2)C(Cl)(Cl)Cl)C(=O)N1. The first-order valence-corrected chi connectivity index (χ1v) is 7.45. The number of carbonyl (C=O) groups excluding carboxylic acids is 3. The van der Waals surface area contributed by atoms with Crippen molar-refractivity contribution in [1.29, 1.82) is 0 Å². The smallest absolute Gasteiger partial charge is 0.325 e. The average Bonchev–Trinajstić information content (AvgIpc) is 2.45. The van der Waals surface area contributed by atoms with Crippen molar-refractivity contribution in [3.8, 4) is 0 Å². The number of hydrogen-bond acceptors (Lipinski definition) is 3. The Kier molecular flexibility index (Phi) is 5.16. The molecule has 0 spiro atoms. The Morgan fingerprint density at radius 1 is 1.23 bits per heavy atom. The molecule has 0 bridgehead atoms. The van der Waals surface area contributed by atoms with Crippen LogP contribution >= 0.6 is 34.8 Å². The van der Waals surface area contributed by atoms with E-state index in [4.69, 9.17) is 34.8 Å². The van der Waals surface area contributed by atoms with Crippen molar-refractivity contribution in [2.75, 3.05) is 6.54 Å². The van der Waals surface area contributed by atoms with E-state index in [0.29, 0.717) is 5.56 Å². The van der Waals surface area contributed by atoms with E-state index < -0.39 is 27.8 Å². The lowest BCUT2D eigenvalue weighted by atomic mass is 10.2. The van der Waals surface area contributed by atoms with Crippen LogP contribution in [0.15, 0.2) is 30.3 Å². The lowest BCUT2D eigenvalue weighted by Gasteiger charge is -2.37. The Balaban J connectivity index is 2.19. The molecular formula is C13H12Cl3N3O3. The molecular weight excluding hydrogens is 353 g/mol. The fraction of sp³-hybridized carbons (Fsp3) is 0.308. The van der Waals surface area contributed by atoms with Gasteiger partial charge < -0.3 is 5.32 Å². The molecule has 1 saturated heterocycles. The summed E-state index contributed by atoms with van der Waals surface area (Å²) in [5.41, 5.74) is 0.357. The Labute approximate surface area is 141 Å². The van der Waals surface area contributed by atoms with E-state index in [-0.39, 0.29) is 13.0 Å². The number of hydrogen-bond donors (Lipinski definition) is 2. The lowest BCUT2D eigenvalue weighted by Crippen LogP contribution is -2.62. The number of nitrogens with zero attached hydrogens (tertiary/aromatic N) is 1. The molecule has 118 valence electrons. The van der Waals surface area contributed by atoms with Gasteiger partial charge in [-0.25, -0.2) is 4.79 Å².